The molecule has 0 saturated carbocycles. The summed E-state index contributed by atoms with van der Waals surface area (Å²) in [7, 11) is 0. The molecule has 6 aromatic carbocycles. The number of hydrogen-bond acceptors (Lipinski definition) is 7. The molecule has 212 valence electrons. The summed E-state index contributed by atoms with van der Waals surface area (Å²) in [5, 5.41) is 5.30. The molecule has 0 radical (unpaired) electrons. The molecule has 7 heteroatoms. The molecule has 0 spiro atoms. The smallest absolute Gasteiger partial charge is 0.216 e. The van der Waals surface area contributed by atoms with Gasteiger partial charge in [0, 0.05) is 5.04 Å². The van der Waals surface area contributed by atoms with Gasteiger partial charge in [0.2, 0.25) is 23.0 Å². The number of hydrogen-bond donors (Lipinski definition) is 0. The van der Waals surface area contributed by atoms with E-state index in [0.29, 0.717) is 46.0 Å². The summed E-state index contributed by atoms with van der Waals surface area (Å²) >= 11 is 0. The monoisotopic (exact) mass is 570 g/mol. The summed E-state index contributed by atoms with van der Waals surface area (Å²) in [6, 6.07) is 47.7. The van der Waals surface area contributed by atoms with E-state index < -0.39 is 0 Å². The van der Waals surface area contributed by atoms with Crippen LogP contribution in [0.3, 0.4) is 0 Å². The van der Waals surface area contributed by atoms with Crippen molar-refractivity contribution in [1.82, 2.24) is 0 Å². The van der Waals surface area contributed by atoms with E-state index in [4.69, 9.17) is 33.8 Å². The van der Waals surface area contributed by atoms with Crippen LogP contribution in [0.4, 0.5) is 0 Å². The number of ether oxygens (including phenoxy) is 4. The Balaban J connectivity index is 1.26. The largest absolute Gasteiger partial charge is 0.453 e. The Morgan fingerprint density at radius 1 is 0.256 bits per heavy atom. The second-order valence-electron chi connectivity index (χ2n) is 9.06. The normalized spacial score (nSPS) is 10.4. The minimum absolute atomic E-state index is 0.222. The molecule has 7 nitrogen and oxygen atoms in total. The molecule has 6 rings (SSSR count). The Kier molecular flexibility index (Phi) is 8.64. The van der Waals surface area contributed by atoms with E-state index in [1.807, 2.05) is 121 Å². The van der Waals surface area contributed by atoms with Crippen molar-refractivity contribution in [3.63, 3.8) is 0 Å². The third-order valence-electron chi connectivity index (χ3n) is 6.00. The Bertz CT molecular complexity index is 1600. The van der Waals surface area contributed by atoms with Gasteiger partial charge in [-0.25, -0.2) is 0 Å². The van der Waals surface area contributed by atoms with Gasteiger partial charge in [-0.1, -0.05) is 84.9 Å². The molecule has 0 fully saturated rings. The van der Waals surface area contributed by atoms with Gasteiger partial charge in [0.25, 0.3) is 0 Å². The fraction of sp³-hybridized carbons (Fsp3) is 0. The van der Waals surface area contributed by atoms with Crippen LogP contribution >= 0.6 is 0 Å². The quantitative estimate of drug-likeness (QED) is 0.107. The second kappa shape index (κ2) is 13.6. The van der Waals surface area contributed by atoms with Gasteiger partial charge in [-0.2, -0.15) is 0 Å². The summed E-state index contributed by atoms with van der Waals surface area (Å²) in [6.07, 6.45) is 0. The number of rotatable bonds is 12. The van der Waals surface area contributed by atoms with Gasteiger partial charge in [0.1, 0.15) is 23.0 Å². The fourth-order valence-corrected chi connectivity index (χ4v) is 4.02. The van der Waals surface area contributed by atoms with Gasteiger partial charge in [0.15, 0.2) is 11.5 Å². The van der Waals surface area contributed by atoms with Gasteiger partial charge in [-0.05, 0) is 72.8 Å². The Morgan fingerprint density at radius 2 is 0.558 bits per heavy atom. The third-order valence-corrected chi connectivity index (χ3v) is 6.00. The highest BCUT2D eigenvalue weighted by Gasteiger charge is 2.19. The van der Waals surface area contributed by atoms with Crippen LogP contribution in [0.1, 0.15) is 0 Å². The highest BCUT2D eigenvalue weighted by Crippen LogP contribution is 2.44. The molecule has 0 atom stereocenters. The maximum atomic E-state index is 6.17. The molecular weight excluding hydrogens is 544 g/mol. The first-order chi connectivity index (χ1) is 21.3. The van der Waals surface area contributed by atoms with Crippen molar-refractivity contribution >= 4 is 0 Å². The highest BCUT2D eigenvalue weighted by atomic mass is 17.5. The van der Waals surface area contributed by atoms with E-state index in [9.17, 15) is 0 Å². The molecule has 0 amide bonds. The first-order valence-electron chi connectivity index (χ1n) is 13.5. The lowest BCUT2D eigenvalue weighted by atomic mass is 10.2. The Hall–Kier alpha value is -5.92. The Morgan fingerprint density at radius 3 is 0.907 bits per heavy atom. The van der Waals surface area contributed by atoms with Crippen molar-refractivity contribution in [2.75, 3.05) is 0 Å². The minimum atomic E-state index is 0.222. The van der Waals surface area contributed by atoms with Crippen LogP contribution in [0.5, 0.6) is 57.5 Å². The van der Waals surface area contributed by atoms with Crippen LogP contribution in [-0.2, 0) is 5.04 Å². The second-order valence-corrected chi connectivity index (χ2v) is 9.06. The van der Waals surface area contributed by atoms with Crippen LogP contribution in [0.15, 0.2) is 158 Å². The molecule has 0 N–H and O–H groups in total. The summed E-state index contributed by atoms with van der Waals surface area (Å²) < 4.78 is 24.6. The van der Waals surface area contributed by atoms with E-state index in [0.717, 1.165) is 0 Å². The van der Waals surface area contributed by atoms with Gasteiger partial charge in [-0.3, -0.25) is 9.78 Å². The molecule has 0 heterocycles. The maximum Gasteiger partial charge on any atom is 0.216 e. The first-order valence-corrected chi connectivity index (χ1v) is 13.5. The zero-order valence-corrected chi connectivity index (χ0v) is 22.9. The van der Waals surface area contributed by atoms with Gasteiger partial charge < -0.3 is 18.9 Å². The van der Waals surface area contributed by atoms with Crippen molar-refractivity contribution in [3.05, 3.63) is 158 Å². The predicted molar refractivity (Wildman–Crippen MR) is 161 cm³/mol. The molecule has 43 heavy (non-hydrogen) atoms. The van der Waals surface area contributed by atoms with Crippen molar-refractivity contribution in [1.29, 1.82) is 0 Å². The van der Waals surface area contributed by atoms with Crippen molar-refractivity contribution in [2.24, 2.45) is 0 Å². The topological polar surface area (TPSA) is 64.6 Å². The van der Waals surface area contributed by atoms with Crippen LogP contribution in [-0.4, -0.2) is 0 Å². The Labute approximate surface area is 248 Å². The van der Waals surface area contributed by atoms with E-state index >= 15 is 0 Å². The van der Waals surface area contributed by atoms with Crippen molar-refractivity contribution in [2.45, 2.75) is 0 Å². The van der Waals surface area contributed by atoms with Gasteiger partial charge in [-0.15, -0.1) is 0 Å². The average molecular weight is 571 g/mol. The summed E-state index contributed by atoms with van der Waals surface area (Å²) in [5.74, 6) is 4.30. The fourth-order valence-electron chi connectivity index (χ4n) is 4.02. The molecule has 0 unspecified atom stereocenters. The standard InChI is InChI=1S/C36H26O7/c1-5-15-27(16-6-1)37-31-23-13-25-33(35(31)39-29-19-9-3-10-20-29)41-43-42-34-26-14-24-32(38-28-17-7-2-8-18-28)36(34)40-30-21-11-4-12-22-30/h1-26H. The number of para-hydroxylation sites is 6. The predicted octanol–water partition coefficient (Wildman–Crippen LogP) is 10.2. The molecule has 0 aliphatic rings. The van der Waals surface area contributed by atoms with Crippen LogP contribution in [0.25, 0.3) is 0 Å². The lowest BCUT2D eigenvalue weighted by Crippen LogP contribution is -2.05. The third kappa shape index (κ3) is 7.24. The summed E-state index contributed by atoms with van der Waals surface area (Å²) in [4.78, 5) is 11.3. The molecule has 0 bridgehead atoms. The molecule has 0 saturated heterocycles. The van der Waals surface area contributed by atoms with Gasteiger partial charge >= 0.3 is 0 Å². The maximum absolute atomic E-state index is 6.17. The minimum Gasteiger partial charge on any atom is -0.453 e. The summed E-state index contributed by atoms with van der Waals surface area (Å²) in [5.41, 5.74) is 0. The van der Waals surface area contributed by atoms with Gasteiger partial charge in [0.05, 0.1) is 0 Å². The van der Waals surface area contributed by atoms with Crippen LogP contribution in [0, 0.1) is 0 Å². The van der Waals surface area contributed by atoms with E-state index in [-0.39, 0.29) is 11.5 Å². The zero-order chi connectivity index (χ0) is 29.1. The zero-order valence-electron chi connectivity index (χ0n) is 22.9. The van der Waals surface area contributed by atoms with E-state index in [2.05, 4.69) is 0 Å². The number of benzene rings is 6. The lowest BCUT2D eigenvalue weighted by Gasteiger charge is -2.17. The van der Waals surface area contributed by atoms with Crippen molar-refractivity contribution < 1.29 is 33.8 Å². The van der Waals surface area contributed by atoms with E-state index in [1.54, 1.807) is 36.4 Å². The summed E-state index contributed by atoms with van der Waals surface area (Å²) in [6.45, 7) is 0. The molecule has 0 aliphatic heterocycles. The van der Waals surface area contributed by atoms with E-state index in [1.165, 1.54) is 0 Å². The van der Waals surface area contributed by atoms with Crippen LogP contribution < -0.4 is 28.7 Å². The highest BCUT2D eigenvalue weighted by molar-refractivity contribution is 5.55. The lowest BCUT2D eigenvalue weighted by molar-refractivity contribution is -0.411. The molecule has 6 aromatic rings. The first kappa shape index (κ1) is 27.3. The molecule has 0 aliphatic carbocycles. The molecular formula is C36H26O7. The van der Waals surface area contributed by atoms with Crippen LogP contribution in [0.2, 0.25) is 0 Å². The average Bonchev–Trinajstić information content (AvgIpc) is 3.06. The molecule has 0 aromatic heterocycles. The SMILES string of the molecule is c1ccc(Oc2cccc(OOOc3cccc(Oc4ccccc4)c3Oc3ccccc3)c2Oc2ccccc2)cc1. The van der Waals surface area contributed by atoms with Crippen molar-refractivity contribution in [3.8, 4) is 57.5 Å².